The number of nitrogens with zero attached hydrogens (tertiary/aromatic N) is 2. The number of nitro groups is 1. The molecule has 0 radical (unpaired) electrons. The fourth-order valence-corrected chi connectivity index (χ4v) is 1.94. The molecule has 1 rings (SSSR count). The maximum atomic E-state index is 10.5. The Morgan fingerprint density at radius 1 is 1.73 bits per heavy atom. The largest absolute Gasteiger partial charge is 0.324 e. The van der Waals surface area contributed by atoms with E-state index in [2.05, 4.69) is 11.4 Å². The van der Waals surface area contributed by atoms with Crippen LogP contribution in [0, 0.1) is 21.4 Å². The fraction of sp³-hybridized carbons (Fsp3) is 0.444. The molecule has 0 aliphatic heterocycles. The van der Waals surface area contributed by atoms with Crippen molar-refractivity contribution in [2.24, 2.45) is 0 Å². The molecule has 1 aromatic rings. The lowest BCUT2D eigenvalue weighted by atomic mass is 10.2. The van der Waals surface area contributed by atoms with Gasteiger partial charge in [-0.25, -0.2) is 0 Å². The molecule has 0 amide bonds. The molecule has 0 aliphatic carbocycles. The van der Waals surface area contributed by atoms with Gasteiger partial charge in [0.2, 0.25) is 0 Å². The van der Waals surface area contributed by atoms with Gasteiger partial charge in [0.05, 0.1) is 11.0 Å². The van der Waals surface area contributed by atoms with Gasteiger partial charge in [-0.2, -0.15) is 5.26 Å². The lowest BCUT2D eigenvalue weighted by molar-refractivity contribution is -0.380. The van der Waals surface area contributed by atoms with Crippen molar-refractivity contribution in [1.29, 1.82) is 5.26 Å². The second-order valence-corrected chi connectivity index (χ2v) is 4.04. The van der Waals surface area contributed by atoms with Gasteiger partial charge < -0.3 is 0 Å². The van der Waals surface area contributed by atoms with Crippen molar-refractivity contribution in [1.82, 2.24) is 5.32 Å². The molecule has 1 atom stereocenters. The highest BCUT2D eigenvalue weighted by Gasteiger charge is 2.16. The molecule has 0 spiro atoms. The van der Waals surface area contributed by atoms with Gasteiger partial charge in [-0.05, 0) is 19.0 Å². The summed E-state index contributed by atoms with van der Waals surface area (Å²) in [5.74, 6) is 0. The summed E-state index contributed by atoms with van der Waals surface area (Å²) in [5, 5.41) is 22.4. The predicted molar refractivity (Wildman–Crippen MR) is 57.6 cm³/mol. The van der Waals surface area contributed by atoms with Crippen LogP contribution in [0.3, 0.4) is 0 Å². The van der Waals surface area contributed by atoms with E-state index in [0.29, 0.717) is 4.88 Å². The van der Waals surface area contributed by atoms with Crippen molar-refractivity contribution in [3.05, 3.63) is 27.1 Å². The lowest BCUT2D eigenvalue weighted by Crippen LogP contribution is -2.19. The van der Waals surface area contributed by atoms with Gasteiger partial charge in [-0.15, -0.1) is 0 Å². The lowest BCUT2D eigenvalue weighted by Gasteiger charge is -2.06. The van der Waals surface area contributed by atoms with Crippen LogP contribution in [0.2, 0.25) is 0 Å². The molecule has 5 nitrogen and oxygen atoms in total. The van der Waals surface area contributed by atoms with Gasteiger partial charge in [0.25, 0.3) is 0 Å². The Kier molecular flexibility index (Phi) is 4.21. The average Bonchev–Trinajstić information content (AvgIpc) is 2.68. The predicted octanol–water partition coefficient (Wildman–Crippen LogP) is 2.22. The van der Waals surface area contributed by atoms with Crippen LogP contribution in [0.15, 0.2) is 12.1 Å². The molecule has 0 saturated heterocycles. The average molecular weight is 225 g/mol. The van der Waals surface area contributed by atoms with Gasteiger partial charge in [-0.3, -0.25) is 15.4 Å². The zero-order valence-electron chi connectivity index (χ0n) is 8.27. The summed E-state index contributed by atoms with van der Waals surface area (Å²) >= 11 is 1.04. The Morgan fingerprint density at radius 2 is 2.47 bits per heavy atom. The summed E-state index contributed by atoms with van der Waals surface area (Å²) in [6.45, 7) is 2.72. The number of rotatable bonds is 5. The highest BCUT2D eigenvalue weighted by atomic mass is 32.1. The molecular weight excluding hydrogens is 214 g/mol. The minimum absolute atomic E-state index is 0.0727. The van der Waals surface area contributed by atoms with Crippen LogP contribution in [-0.4, -0.2) is 11.5 Å². The first-order valence-electron chi connectivity index (χ1n) is 4.56. The smallest absolute Gasteiger partial charge is 0.298 e. The van der Waals surface area contributed by atoms with Crippen LogP contribution >= 0.6 is 11.3 Å². The summed E-state index contributed by atoms with van der Waals surface area (Å²) < 4.78 is 0. The van der Waals surface area contributed by atoms with Crippen LogP contribution in [0.25, 0.3) is 0 Å². The highest BCUT2D eigenvalue weighted by molar-refractivity contribution is 7.15. The van der Waals surface area contributed by atoms with E-state index >= 15 is 0 Å². The molecule has 0 aliphatic rings. The number of hydrogen-bond acceptors (Lipinski definition) is 5. The second-order valence-electron chi connectivity index (χ2n) is 2.95. The number of nitriles is 1. The van der Waals surface area contributed by atoms with Crippen molar-refractivity contribution >= 4 is 16.3 Å². The Labute approximate surface area is 91.5 Å². The quantitative estimate of drug-likeness (QED) is 0.615. The summed E-state index contributed by atoms with van der Waals surface area (Å²) in [7, 11) is 0. The van der Waals surface area contributed by atoms with E-state index in [1.54, 1.807) is 6.07 Å². The Morgan fingerprint density at radius 3 is 2.93 bits per heavy atom. The summed E-state index contributed by atoms with van der Waals surface area (Å²) in [6, 6.07) is 4.69. The van der Waals surface area contributed by atoms with Gasteiger partial charge in [0, 0.05) is 10.9 Å². The van der Waals surface area contributed by atoms with E-state index in [-0.39, 0.29) is 5.00 Å². The molecule has 1 unspecified atom stereocenters. The van der Waals surface area contributed by atoms with E-state index in [1.165, 1.54) is 6.07 Å². The molecule has 1 aromatic heterocycles. The van der Waals surface area contributed by atoms with Crippen molar-refractivity contribution in [3.63, 3.8) is 0 Å². The van der Waals surface area contributed by atoms with Crippen molar-refractivity contribution in [2.75, 3.05) is 6.54 Å². The highest BCUT2D eigenvalue weighted by Crippen LogP contribution is 2.28. The van der Waals surface area contributed by atoms with Crippen LogP contribution in [0.5, 0.6) is 0 Å². The second kappa shape index (κ2) is 5.44. The van der Waals surface area contributed by atoms with Crippen LogP contribution in [0.1, 0.15) is 24.3 Å². The Balaban J connectivity index is 2.75. The van der Waals surface area contributed by atoms with E-state index in [1.807, 2.05) is 6.92 Å². The van der Waals surface area contributed by atoms with Gasteiger partial charge >= 0.3 is 5.00 Å². The van der Waals surface area contributed by atoms with Crippen LogP contribution in [-0.2, 0) is 0 Å². The fourth-order valence-electron chi connectivity index (χ4n) is 1.09. The third-order valence-corrected chi connectivity index (χ3v) is 2.91. The first-order chi connectivity index (χ1) is 7.19. The molecule has 15 heavy (non-hydrogen) atoms. The monoisotopic (exact) mass is 225 g/mol. The first-order valence-corrected chi connectivity index (χ1v) is 5.37. The van der Waals surface area contributed by atoms with E-state index in [0.717, 1.165) is 24.3 Å². The summed E-state index contributed by atoms with van der Waals surface area (Å²) in [6.07, 6.45) is 0.922. The minimum atomic E-state index is -0.442. The van der Waals surface area contributed by atoms with Crippen LogP contribution in [0.4, 0.5) is 5.00 Å². The molecule has 0 fully saturated rings. The molecular formula is C9H11N3O2S. The third kappa shape index (κ3) is 3.01. The zero-order chi connectivity index (χ0) is 11.3. The zero-order valence-corrected chi connectivity index (χ0v) is 9.08. The molecule has 0 aromatic carbocycles. The van der Waals surface area contributed by atoms with E-state index in [4.69, 9.17) is 5.26 Å². The van der Waals surface area contributed by atoms with Crippen LogP contribution < -0.4 is 5.32 Å². The number of nitrogens with one attached hydrogen (secondary N) is 1. The molecule has 1 heterocycles. The normalized spacial score (nSPS) is 12.0. The Hall–Kier alpha value is -1.45. The minimum Gasteiger partial charge on any atom is -0.298 e. The van der Waals surface area contributed by atoms with Gasteiger partial charge in [-0.1, -0.05) is 18.3 Å². The topological polar surface area (TPSA) is 79.0 Å². The van der Waals surface area contributed by atoms with Gasteiger partial charge in [0.15, 0.2) is 0 Å². The molecule has 1 N–H and O–H groups in total. The van der Waals surface area contributed by atoms with Crippen molar-refractivity contribution < 1.29 is 4.92 Å². The molecule has 0 bridgehead atoms. The first kappa shape index (κ1) is 11.6. The van der Waals surface area contributed by atoms with Crippen molar-refractivity contribution in [3.8, 4) is 6.07 Å². The van der Waals surface area contributed by atoms with E-state index < -0.39 is 11.0 Å². The number of hydrogen-bond donors (Lipinski definition) is 1. The maximum absolute atomic E-state index is 10.5. The SMILES string of the molecule is CCCNC(C#N)c1ccc([N+](=O)[O-])s1. The van der Waals surface area contributed by atoms with Gasteiger partial charge in [0.1, 0.15) is 6.04 Å². The Bertz CT molecular complexity index is 383. The maximum Gasteiger partial charge on any atom is 0.324 e. The van der Waals surface area contributed by atoms with Crippen molar-refractivity contribution in [2.45, 2.75) is 19.4 Å². The molecule has 0 saturated carbocycles. The van der Waals surface area contributed by atoms with E-state index in [9.17, 15) is 10.1 Å². The summed E-state index contributed by atoms with van der Waals surface area (Å²) in [5.41, 5.74) is 0. The molecule has 80 valence electrons. The summed E-state index contributed by atoms with van der Waals surface area (Å²) in [4.78, 5) is 10.7. The molecule has 6 heteroatoms. The third-order valence-electron chi connectivity index (χ3n) is 1.80. The standard InChI is InChI=1S/C9H11N3O2S/c1-2-5-11-7(6-10)8-3-4-9(15-8)12(13)14/h3-4,7,11H,2,5H2,1H3. The number of thiophene rings is 1.